The van der Waals surface area contributed by atoms with Crippen molar-refractivity contribution in [2.75, 3.05) is 31.3 Å². The summed E-state index contributed by atoms with van der Waals surface area (Å²) in [5.41, 5.74) is 11.2. The van der Waals surface area contributed by atoms with Crippen molar-refractivity contribution >= 4 is 27.9 Å². The molecule has 0 radical (unpaired) electrons. The number of methoxy groups -OCH3 is 1. The monoisotopic (exact) mass is 229 g/mol. The van der Waals surface area contributed by atoms with Gasteiger partial charge in [-0.05, 0) is 12.5 Å². The van der Waals surface area contributed by atoms with Crippen LogP contribution in [-0.4, -0.2) is 26.2 Å². The third kappa shape index (κ3) is 3.41. The van der Waals surface area contributed by atoms with E-state index in [4.69, 9.17) is 16.2 Å². The molecule has 1 heterocycles. The van der Waals surface area contributed by atoms with Crippen LogP contribution in [0.2, 0.25) is 0 Å². The molecule has 5 N–H and O–H groups in total. The second-order valence-corrected chi connectivity index (χ2v) is 4.08. The second kappa shape index (κ2) is 5.57. The van der Waals surface area contributed by atoms with E-state index in [1.54, 1.807) is 13.2 Å². The van der Waals surface area contributed by atoms with Gasteiger partial charge in [0.1, 0.15) is 4.88 Å². The van der Waals surface area contributed by atoms with Crippen molar-refractivity contribution in [1.29, 1.82) is 0 Å². The first-order valence-corrected chi connectivity index (χ1v) is 5.38. The molecule has 5 nitrogen and oxygen atoms in total. The van der Waals surface area contributed by atoms with E-state index < -0.39 is 5.91 Å². The zero-order valence-electron chi connectivity index (χ0n) is 8.58. The zero-order valence-corrected chi connectivity index (χ0v) is 9.39. The lowest BCUT2D eigenvalue weighted by Crippen LogP contribution is -2.10. The van der Waals surface area contributed by atoms with Gasteiger partial charge in [-0.1, -0.05) is 0 Å². The highest BCUT2D eigenvalue weighted by Gasteiger charge is 2.10. The molecule has 84 valence electrons. The lowest BCUT2D eigenvalue weighted by molar-refractivity contribution is 0.100. The molecule has 0 aliphatic rings. The van der Waals surface area contributed by atoms with Crippen LogP contribution in [0.25, 0.3) is 0 Å². The van der Waals surface area contributed by atoms with Crippen molar-refractivity contribution in [3.05, 3.63) is 10.9 Å². The molecule has 1 aromatic rings. The molecule has 0 fully saturated rings. The number of carbonyl (C=O) groups excluding carboxylic acids is 1. The van der Waals surface area contributed by atoms with Crippen LogP contribution in [0.1, 0.15) is 16.1 Å². The average Bonchev–Trinajstić information content (AvgIpc) is 2.55. The highest BCUT2D eigenvalue weighted by atomic mass is 32.1. The van der Waals surface area contributed by atoms with Gasteiger partial charge in [0.15, 0.2) is 0 Å². The fourth-order valence-electron chi connectivity index (χ4n) is 1.11. The predicted molar refractivity (Wildman–Crippen MR) is 62.2 cm³/mol. The average molecular weight is 229 g/mol. The highest BCUT2D eigenvalue weighted by molar-refractivity contribution is 7.18. The molecule has 1 amide bonds. The van der Waals surface area contributed by atoms with Crippen molar-refractivity contribution in [1.82, 2.24) is 0 Å². The summed E-state index contributed by atoms with van der Waals surface area (Å²) in [6.45, 7) is 1.49. The number of nitrogens with two attached hydrogens (primary N) is 2. The number of thiophene rings is 1. The van der Waals surface area contributed by atoms with E-state index in [0.717, 1.165) is 18.0 Å². The van der Waals surface area contributed by atoms with Crippen molar-refractivity contribution < 1.29 is 9.53 Å². The van der Waals surface area contributed by atoms with Crippen molar-refractivity contribution in [3.63, 3.8) is 0 Å². The van der Waals surface area contributed by atoms with Gasteiger partial charge in [-0.15, -0.1) is 11.3 Å². The Bertz CT molecular complexity index is 338. The second-order valence-electron chi connectivity index (χ2n) is 3.03. The highest BCUT2D eigenvalue weighted by Crippen LogP contribution is 2.28. The van der Waals surface area contributed by atoms with E-state index in [2.05, 4.69) is 5.32 Å². The lowest BCUT2D eigenvalue weighted by atomic mass is 10.4. The van der Waals surface area contributed by atoms with Gasteiger partial charge < -0.3 is 21.5 Å². The van der Waals surface area contributed by atoms with E-state index in [-0.39, 0.29) is 0 Å². The van der Waals surface area contributed by atoms with Gasteiger partial charge in [-0.25, -0.2) is 0 Å². The number of amides is 1. The minimum atomic E-state index is -0.484. The molecule has 1 aromatic heterocycles. The molecular formula is C9H15N3O2S. The first-order valence-electron chi connectivity index (χ1n) is 4.57. The maximum atomic E-state index is 10.9. The Hall–Kier alpha value is -1.27. The van der Waals surface area contributed by atoms with Crippen LogP contribution in [0, 0.1) is 0 Å². The van der Waals surface area contributed by atoms with E-state index in [9.17, 15) is 4.79 Å². The fourth-order valence-corrected chi connectivity index (χ4v) is 1.97. The third-order valence-corrected chi connectivity index (χ3v) is 2.93. The minimum Gasteiger partial charge on any atom is -0.397 e. The Morgan fingerprint density at radius 3 is 2.93 bits per heavy atom. The molecule has 15 heavy (non-hydrogen) atoms. The topological polar surface area (TPSA) is 90.4 Å². The molecule has 6 heteroatoms. The van der Waals surface area contributed by atoms with Crippen molar-refractivity contribution in [2.45, 2.75) is 6.42 Å². The van der Waals surface area contributed by atoms with Crippen LogP contribution in [0.4, 0.5) is 10.7 Å². The molecule has 0 aliphatic heterocycles. The van der Waals surface area contributed by atoms with Gasteiger partial charge in [0.05, 0.1) is 10.7 Å². The molecule has 0 saturated heterocycles. The maximum absolute atomic E-state index is 10.9. The van der Waals surface area contributed by atoms with E-state index in [0.29, 0.717) is 17.2 Å². The minimum absolute atomic E-state index is 0.407. The number of nitrogen functional groups attached to an aromatic ring is 1. The molecule has 0 aliphatic carbocycles. The number of nitrogens with one attached hydrogen (secondary N) is 1. The SMILES string of the molecule is COCCCNc1cc(N)c(C(N)=O)s1. The summed E-state index contributed by atoms with van der Waals surface area (Å²) in [4.78, 5) is 11.3. The summed E-state index contributed by atoms with van der Waals surface area (Å²) in [6.07, 6.45) is 0.903. The first-order chi connectivity index (χ1) is 7.15. The molecule has 0 unspecified atom stereocenters. The summed E-state index contributed by atoms with van der Waals surface area (Å²) in [7, 11) is 1.66. The maximum Gasteiger partial charge on any atom is 0.260 e. The Labute approximate surface area is 92.4 Å². The van der Waals surface area contributed by atoms with Gasteiger partial charge >= 0.3 is 0 Å². The Kier molecular flexibility index (Phi) is 4.38. The van der Waals surface area contributed by atoms with Crippen LogP contribution in [0.15, 0.2) is 6.07 Å². The normalized spacial score (nSPS) is 10.2. The Morgan fingerprint density at radius 2 is 2.40 bits per heavy atom. The first kappa shape index (κ1) is 11.8. The molecule has 0 spiro atoms. The number of hydrogen-bond donors (Lipinski definition) is 3. The van der Waals surface area contributed by atoms with E-state index in [1.165, 1.54) is 11.3 Å². The summed E-state index contributed by atoms with van der Waals surface area (Å²) >= 11 is 1.27. The van der Waals surface area contributed by atoms with Gasteiger partial charge in [0.2, 0.25) is 0 Å². The summed E-state index contributed by atoms with van der Waals surface area (Å²) < 4.78 is 4.91. The summed E-state index contributed by atoms with van der Waals surface area (Å²) in [5, 5.41) is 4.01. The van der Waals surface area contributed by atoms with Gasteiger partial charge in [-0.3, -0.25) is 4.79 Å². The molecule has 0 saturated carbocycles. The molecule has 0 aromatic carbocycles. The van der Waals surface area contributed by atoms with Gasteiger partial charge in [-0.2, -0.15) is 0 Å². The standard InChI is InChI=1S/C9H15N3O2S/c1-14-4-2-3-12-7-5-6(10)8(15-7)9(11)13/h5,12H,2-4,10H2,1H3,(H2,11,13). The van der Waals surface area contributed by atoms with Crippen LogP contribution in [0.5, 0.6) is 0 Å². The Balaban J connectivity index is 2.48. The Morgan fingerprint density at radius 1 is 1.67 bits per heavy atom. The quantitative estimate of drug-likeness (QED) is 0.631. The van der Waals surface area contributed by atoms with Crippen molar-refractivity contribution in [2.24, 2.45) is 5.73 Å². The summed E-state index contributed by atoms with van der Waals surface area (Å²) in [6, 6.07) is 1.72. The van der Waals surface area contributed by atoms with E-state index >= 15 is 0 Å². The number of hydrogen-bond acceptors (Lipinski definition) is 5. The van der Waals surface area contributed by atoms with Crippen LogP contribution in [0.3, 0.4) is 0 Å². The zero-order chi connectivity index (χ0) is 11.3. The number of primary amides is 1. The fraction of sp³-hybridized carbons (Fsp3) is 0.444. The van der Waals surface area contributed by atoms with E-state index in [1.807, 2.05) is 0 Å². The number of anilines is 2. The molecule has 1 rings (SSSR count). The number of ether oxygens (including phenoxy) is 1. The predicted octanol–water partition coefficient (Wildman–Crippen LogP) is 0.878. The van der Waals surface area contributed by atoms with Crippen LogP contribution >= 0.6 is 11.3 Å². The number of rotatable bonds is 6. The number of carbonyl (C=O) groups is 1. The summed E-state index contributed by atoms with van der Waals surface area (Å²) in [5.74, 6) is -0.484. The van der Waals surface area contributed by atoms with Crippen molar-refractivity contribution in [3.8, 4) is 0 Å². The molecular weight excluding hydrogens is 214 g/mol. The van der Waals surface area contributed by atoms with Gasteiger partial charge in [0, 0.05) is 20.3 Å². The largest absolute Gasteiger partial charge is 0.397 e. The van der Waals surface area contributed by atoms with Gasteiger partial charge in [0.25, 0.3) is 5.91 Å². The smallest absolute Gasteiger partial charge is 0.260 e. The van der Waals surface area contributed by atoms with Crippen LogP contribution < -0.4 is 16.8 Å². The molecule has 0 bridgehead atoms. The lowest BCUT2D eigenvalue weighted by Gasteiger charge is -2.01. The third-order valence-electron chi connectivity index (χ3n) is 1.81. The molecule has 0 atom stereocenters. The van der Waals surface area contributed by atoms with Crippen LogP contribution in [-0.2, 0) is 4.74 Å².